The quantitative estimate of drug-likeness (QED) is 0.160. The first-order valence-electron chi connectivity index (χ1n) is 10.2. The molecule has 0 radical (unpaired) electrons. The maximum Gasteiger partial charge on any atom is 0.193 e. The summed E-state index contributed by atoms with van der Waals surface area (Å²) in [5.74, 6) is 3.50. The Hall–Kier alpha value is 0.01000. The van der Waals surface area contributed by atoms with E-state index in [-0.39, 0.29) is 29.5 Å². The van der Waals surface area contributed by atoms with Gasteiger partial charge in [-0.05, 0) is 38.4 Å². The summed E-state index contributed by atoms with van der Waals surface area (Å²) < 4.78 is 5.57. The second kappa shape index (κ2) is 14.1. The number of allylic oxidation sites excluding steroid dienone is 1. The zero-order valence-electron chi connectivity index (χ0n) is 17.3. The summed E-state index contributed by atoms with van der Waals surface area (Å²) in [4.78, 5) is 10.0. The van der Waals surface area contributed by atoms with Crippen LogP contribution in [-0.4, -0.2) is 85.8 Å². The van der Waals surface area contributed by atoms with Gasteiger partial charge in [-0.15, -0.1) is 30.6 Å². The van der Waals surface area contributed by atoms with E-state index in [9.17, 15) is 0 Å². The molecule has 2 saturated heterocycles. The van der Waals surface area contributed by atoms with Gasteiger partial charge in [0.2, 0.25) is 0 Å². The van der Waals surface area contributed by atoms with Crippen LogP contribution in [0.3, 0.4) is 0 Å². The van der Waals surface area contributed by atoms with E-state index in [1.165, 1.54) is 37.2 Å². The van der Waals surface area contributed by atoms with Gasteiger partial charge in [0.25, 0.3) is 0 Å². The number of hydrogen-bond acceptors (Lipinski definition) is 4. The van der Waals surface area contributed by atoms with Crippen LogP contribution in [-0.2, 0) is 4.74 Å². The number of nitrogens with one attached hydrogen (secondary N) is 1. The molecule has 2 aliphatic rings. The third kappa shape index (κ3) is 8.11. The molecule has 0 saturated carbocycles. The predicted octanol–water partition coefficient (Wildman–Crippen LogP) is 3.46. The molecule has 1 N–H and O–H groups in total. The highest BCUT2D eigenvalue weighted by atomic mass is 127. The van der Waals surface area contributed by atoms with E-state index in [0.29, 0.717) is 0 Å². The highest BCUT2D eigenvalue weighted by Gasteiger charge is 2.40. The molecule has 0 amide bonds. The van der Waals surface area contributed by atoms with Crippen molar-refractivity contribution in [1.29, 1.82) is 0 Å². The number of morpholine rings is 1. The second-order valence-corrected chi connectivity index (χ2v) is 8.46. The first-order valence-corrected chi connectivity index (χ1v) is 11.4. The summed E-state index contributed by atoms with van der Waals surface area (Å²) in [6.07, 6.45) is 8.08. The zero-order chi connectivity index (χ0) is 18.7. The minimum Gasteiger partial charge on any atom is -0.379 e. The number of halogens is 1. The fourth-order valence-corrected chi connectivity index (χ4v) is 5.19. The maximum absolute atomic E-state index is 5.57. The van der Waals surface area contributed by atoms with Crippen molar-refractivity contribution < 1.29 is 4.74 Å². The molecular formula is C20H39IN4OS. The smallest absolute Gasteiger partial charge is 0.193 e. The van der Waals surface area contributed by atoms with Crippen molar-refractivity contribution in [3.63, 3.8) is 0 Å². The van der Waals surface area contributed by atoms with Crippen LogP contribution < -0.4 is 5.32 Å². The normalized spacial score (nSPS) is 23.7. The summed E-state index contributed by atoms with van der Waals surface area (Å²) in [5.41, 5.74) is 0.222. The third-order valence-corrected chi connectivity index (χ3v) is 6.62. The lowest BCUT2D eigenvalue weighted by Crippen LogP contribution is -2.56. The Bertz CT molecular complexity index is 438. The Morgan fingerprint density at radius 3 is 2.74 bits per heavy atom. The Balaban J connectivity index is 0.00000364. The van der Waals surface area contributed by atoms with Crippen molar-refractivity contribution in [2.75, 3.05) is 64.5 Å². The molecule has 1 atom stereocenters. The van der Waals surface area contributed by atoms with Gasteiger partial charge in [0.1, 0.15) is 0 Å². The molecule has 0 aromatic rings. The molecular weight excluding hydrogens is 471 g/mol. The topological polar surface area (TPSA) is 40.1 Å². The van der Waals surface area contributed by atoms with Gasteiger partial charge in [-0.1, -0.05) is 12.5 Å². The van der Waals surface area contributed by atoms with Gasteiger partial charge >= 0.3 is 0 Å². The van der Waals surface area contributed by atoms with E-state index in [1.807, 2.05) is 6.08 Å². The van der Waals surface area contributed by atoms with Crippen molar-refractivity contribution >= 4 is 41.7 Å². The van der Waals surface area contributed by atoms with Crippen LogP contribution in [0.2, 0.25) is 0 Å². The van der Waals surface area contributed by atoms with Crippen LogP contribution in [0.15, 0.2) is 17.6 Å². The van der Waals surface area contributed by atoms with Crippen LogP contribution in [0.1, 0.15) is 39.0 Å². The van der Waals surface area contributed by atoms with Crippen molar-refractivity contribution in [1.82, 2.24) is 15.1 Å². The Morgan fingerprint density at radius 2 is 2.11 bits per heavy atom. The van der Waals surface area contributed by atoms with E-state index >= 15 is 0 Å². The lowest BCUT2D eigenvalue weighted by atomic mass is 9.96. The molecule has 5 nitrogen and oxygen atoms in total. The number of guanidine groups is 1. The van der Waals surface area contributed by atoms with Gasteiger partial charge < -0.3 is 15.0 Å². The average molecular weight is 511 g/mol. The lowest BCUT2D eigenvalue weighted by molar-refractivity contribution is -0.0105. The van der Waals surface area contributed by atoms with Crippen molar-refractivity contribution in [3.8, 4) is 0 Å². The second-order valence-electron chi connectivity index (χ2n) is 7.36. The highest BCUT2D eigenvalue weighted by molar-refractivity contribution is 14.0. The fraction of sp³-hybridized carbons (Fsp3) is 0.850. The highest BCUT2D eigenvalue weighted by Crippen LogP contribution is 2.34. The van der Waals surface area contributed by atoms with E-state index in [2.05, 4.69) is 47.4 Å². The number of aliphatic imine (C=N–C) groups is 1. The van der Waals surface area contributed by atoms with Crippen molar-refractivity contribution in [2.24, 2.45) is 4.99 Å². The molecule has 0 aromatic heterocycles. The molecule has 0 aromatic carbocycles. The number of nitrogens with zero attached hydrogens (tertiary/aromatic N) is 3. The third-order valence-electron chi connectivity index (χ3n) is 5.39. The van der Waals surface area contributed by atoms with Crippen LogP contribution in [0.5, 0.6) is 0 Å². The van der Waals surface area contributed by atoms with E-state index in [4.69, 9.17) is 9.73 Å². The minimum absolute atomic E-state index is 0. The summed E-state index contributed by atoms with van der Waals surface area (Å²) in [6.45, 7) is 12.6. The molecule has 0 spiro atoms. The molecule has 2 aliphatic heterocycles. The first-order chi connectivity index (χ1) is 12.7. The minimum atomic E-state index is 0. The number of unbranched alkanes of at least 4 members (excludes halogenated alkanes) is 3. The van der Waals surface area contributed by atoms with Gasteiger partial charge in [-0.25, -0.2) is 0 Å². The standard InChI is InChI=1S/C20H38N4OS.HI/c1-4-6-7-8-9-11-23(3)19(21-5-2)22-17-20(10-16-26-18-20)24-12-14-25-15-13-24;/h4H,1,5-18H2,2-3H3,(H,21,22);1H. The van der Waals surface area contributed by atoms with Crippen LogP contribution >= 0.6 is 35.7 Å². The van der Waals surface area contributed by atoms with E-state index in [1.54, 1.807) is 0 Å². The molecule has 1 unspecified atom stereocenters. The monoisotopic (exact) mass is 510 g/mol. The van der Waals surface area contributed by atoms with Crippen LogP contribution in [0.25, 0.3) is 0 Å². The van der Waals surface area contributed by atoms with Gasteiger partial charge in [-0.3, -0.25) is 9.89 Å². The molecule has 2 fully saturated rings. The SMILES string of the molecule is C=CCCCCCN(C)C(=NCC1(N2CCOCC2)CCSC1)NCC.I. The zero-order valence-corrected chi connectivity index (χ0v) is 20.4. The largest absolute Gasteiger partial charge is 0.379 e. The number of hydrogen-bond donors (Lipinski definition) is 1. The summed E-state index contributed by atoms with van der Waals surface area (Å²) in [5, 5.41) is 3.49. The molecule has 0 bridgehead atoms. The number of rotatable bonds is 10. The first kappa shape index (κ1) is 25.0. The summed E-state index contributed by atoms with van der Waals surface area (Å²) >= 11 is 2.08. The molecule has 7 heteroatoms. The van der Waals surface area contributed by atoms with E-state index < -0.39 is 0 Å². The molecule has 0 aliphatic carbocycles. The Kier molecular flexibility index (Phi) is 13.0. The number of ether oxygens (including phenoxy) is 1. The van der Waals surface area contributed by atoms with Gasteiger partial charge in [0, 0.05) is 39.0 Å². The predicted molar refractivity (Wildman–Crippen MR) is 130 cm³/mol. The summed E-state index contributed by atoms with van der Waals surface area (Å²) in [7, 11) is 2.17. The lowest BCUT2D eigenvalue weighted by Gasteiger charge is -2.42. The molecule has 27 heavy (non-hydrogen) atoms. The van der Waals surface area contributed by atoms with Gasteiger partial charge in [0.05, 0.1) is 25.3 Å². The molecule has 158 valence electrons. The van der Waals surface area contributed by atoms with Gasteiger partial charge in [-0.2, -0.15) is 11.8 Å². The molecule has 2 heterocycles. The van der Waals surface area contributed by atoms with Gasteiger partial charge in [0.15, 0.2) is 5.96 Å². The molecule has 2 rings (SSSR count). The van der Waals surface area contributed by atoms with Crippen molar-refractivity contribution in [2.45, 2.75) is 44.6 Å². The van der Waals surface area contributed by atoms with Crippen LogP contribution in [0.4, 0.5) is 0 Å². The Morgan fingerprint density at radius 1 is 1.33 bits per heavy atom. The van der Waals surface area contributed by atoms with Crippen molar-refractivity contribution in [3.05, 3.63) is 12.7 Å². The summed E-state index contributed by atoms with van der Waals surface area (Å²) in [6, 6.07) is 0. The van der Waals surface area contributed by atoms with Crippen LogP contribution in [0, 0.1) is 0 Å². The van der Waals surface area contributed by atoms with E-state index in [0.717, 1.165) is 58.3 Å². The maximum atomic E-state index is 5.57. The average Bonchev–Trinajstić information content (AvgIpc) is 3.15. The number of thioether (sulfide) groups is 1. The fourth-order valence-electron chi connectivity index (χ4n) is 3.72. The Labute approximate surface area is 187 Å².